The van der Waals surface area contributed by atoms with Gasteiger partial charge >= 0.3 is 0 Å². The molecule has 1 aliphatic heterocycles. The normalized spacial score (nSPS) is 16.2. The number of anilines is 1. The zero-order valence-electron chi connectivity index (χ0n) is 13.8. The van der Waals surface area contributed by atoms with Crippen molar-refractivity contribution >= 4 is 34.5 Å². The number of piperazine rings is 1. The Morgan fingerprint density at radius 1 is 1.21 bits per heavy atom. The van der Waals surface area contributed by atoms with Crippen molar-refractivity contribution in [2.24, 2.45) is 0 Å². The molecule has 1 aromatic heterocycles. The van der Waals surface area contributed by atoms with E-state index in [-0.39, 0.29) is 5.91 Å². The van der Waals surface area contributed by atoms with Crippen LogP contribution < -0.4 is 5.32 Å². The van der Waals surface area contributed by atoms with Crippen LogP contribution in [0.25, 0.3) is 0 Å². The van der Waals surface area contributed by atoms with Crippen LogP contribution >= 0.6 is 22.9 Å². The molecule has 2 aromatic rings. The number of benzene rings is 1. The van der Waals surface area contributed by atoms with E-state index in [1.54, 1.807) is 17.4 Å². The van der Waals surface area contributed by atoms with Crippen LogP contribution in [0.1, 0.15) is 10.4 Å². The van der Waals surface area contributed by atoms with E-state index in [9.17, 15) is 4.79 Å². The van der Waals surface area contributed by atoms with Gasteiger partial charge in [-0.05, 0) is 36.1 Å². The lowest BCUT2D eigenvalue weighted by atomic mass is 10.2. The Morgan fingerprint density at radius 3 is 2.67 bits per heavy atom. The van der Waals surface area contributed by atoms with Gasteiger partial charge in [-0.25, -0.2) is 0 Å². The molecule has 0 unspecified atom stereocenters. The zero-order chi connectivity index (χ0) is 16.9. The summed E-state index contributed by atoms with van der Waals surface area (Å²) in [5, 5.41) is 5.72. The summed E-state index contributed by atoms with van der Waals surface area (Å²) in [4.78, 5) is 18.3. The molecule has 6 heteroatoms. The van der Waals surface area contributed by atoms with Gasteiger partial charge in [0, 0.05) is 48.3 Å². The first-order valence-electron chi connectivity index (χ1n) is 8.13. The molecule has 0 saturated carbocycles. The maximum absolute atomic E-state index is 12.3. The summed E-state index contributed by atoms with van der Waals surface area (Å²) in [5.41, 5.74) is 1.82. The number of thiophene rings is 1. The molecule has 0 atom stereocenters. The van der Waals surface area contributed by atoms with Gasteiger partial charge in [0.2, 0.25) is 5.91 Å². The molecule has 1 aliphatic rings. The lowest BCUT2D eigenvalue weighted by molar-refractivity contribution is -0.117. The smallest absolute Gasteiger partial charge is 0.238 e. The first-order chi connectivity index (χ1) is 11.6. The third-order valence-electron chi connectivity index (χ3n) is 4.27. The van der Waals surface area contributed by atoms with Gasteiger partial charge in [-0.2, -0.15) is 0 Å². The van der Waals surface area contributed by atoms with Gasteiger partial charge in [0.15, 0.2) is 0 Å². The number of rotatable bonds is 5. The van der Waals surface area contributed by atoms with Gasteiger partial charge in [0.05, 0.1) is 6.54 Å². The van der Waals surface area contributed by atoms with Crippen LogP contribution in [0.3, 0.4) is 0 Å². The molecule has 1 N–H and O–H groups in total. The molecule has 1 aromatic carbocycles. The zero-order valence-corrected chi connectivity index (χ0v) is 15.4. The lowest BCUT2D eigenvalue weighted by Gasteiger charge is -2.34. The maximum atomic E-state index is 12.3. The quantitative estimate of drug-likeness (QED) is 0.883. The average Bonchev–Trinajstić information content (AvgIpc) is 3.06. The number of carbonyl (C=O) groups is 1. The van der Waals surface area contributed by atoms with Gasteiger partial charge in [0.1, 0.15) is 0 Å². The summed E-state index contributed by atoms with van der Waals surface area (Å²) >= 11 is 7.80. The standard InChI is InChI=1S/C18H22ClN3OS/c1-14-4-5-15(19)11-17(14)20-18(23)13-22-8-6-21(7-9-22)12-16-3-2-10-24-16/h2-5,10-11H,6-9,12-13H2,1H3,(H,20,23). The van der Waals surface area contributed by atoms with Gasteiger partial charge in [-0.1, -0.05) is 23.7 Å². The van der Waals surface area contributed by atoms with E-state index >= 15 is 0 Å². The Kier molecular flexibility index (Phi) is 5.89. The van der Waals surface area contributed by atoms with E-state index in [1.165, 1.54) is 4.88 Å². The Bertz CT molecular complexity index is 682. The SMILES string of the molecule is Cc1ccc(Cl)cc1NC(=O)CN1CCN(Cc2cccs2)CC1. The van der Waals surface area contributed by atoms with Crippen molar-refractivity contribution in [3.63, 3.8) is 0 Å². The topological polar surface area (TPSA) is 35.6 Å². The van der Waals surface area contributed by atoms with E-state index in [1.807, 2.05) is 19.1 Å². The number of nitrogens with zero attached hydrogens (tertiary/aromatic N) is 2. The van der Waals surface area contributed by atoms with Crippen LogP contribution in [0.2, 0.25) is 5.02 Å². The largest absolute Gasteiger partial charge is 0.325 e. The summed E-state index contributed by atoms with van der Waals surface area (Å²) in [7, 11) is 0. The minimum atomic E-state index is 0.0204. The number of carbonyl (C=O) groups excluding carboxylic acids is 1. The number of amides is 1. The first-order valence-corrected chi connectivity index (χ1v) is 9.39. The second kappa shape index (κ2) is 8.12. The van der Waals surface area contributed by atoms with Crippen LogP contribution in [0.4, 0.5) is 5.69 Å². The second-order valence-electron chi connectivity index (χ2n) is 6.14. The highest BCUT2D eigenvalue weighted by Crippen LogP contribution is 2.20. The number of hydrogen-bond acceptors (Lipinski definition) is 4. The molecule has 4 nitrogen and oxygen atoms in total. The molecule has 1 saturated heterocycles. The molecule has 0 aliphatic carbocycles. The predicted molar refractivity (Wildman–Crippen MR) is 101 cm³/mol. The third-order valence-corrected chi connectivity index (χ3v) is 5.36. The van der Waals surface area contributed by atoms with Crippen LogP contribution in [0, 0.1) is 6.92 Å². The number of aryl methyl sites for hydroxylation is 1. The van der Waals surface area contributed by atoms with Crippen molar-refractivity contribution in [2.45, 2.75) is 13.5 Å². The Labute approximate surface area is 152 Å². The molecule has 24 heavy (non-hydrogen) atoms. The fourth-order valence-electron chi connectivity index (χ4n) is 2.85. The van der Waals surface area contributed by atoms with Crippen LogP contribution in [-0.4, -0.2) is 48.4 Å². The Morgan fingerprint density at radius 2 is 1.96 bits per heavy atom. The molecule has 1 fully saturated rings. The highest BCUT2D eigenvalue weighted by atomic mass is 35.5. The molecule has 0 radical (unpaired) electrons. The summed E-state index contributed by atoms with van der Waals surface area (Å²) < 4.78 is 0. The fourth-order valence-corrected chi connectivity index (χ4v) is 3.77. The fraction of sp³-hybridized carbons (Fsp3) is 0.389. The molecule has 128 valence electrons. The predicted octanol–water partition coefficient (Wildman–Crippen LogP) is 3.47. The summed E-state index contributed by atoms with van der Waals surface area (Å²) in [6, 6.07) is 9.82. The lowest BCUT2D eigenvalue weighted by Crippen LogP contribution is -2.48. The first kappa shape index (κ1) is 17.4. The van der Waals surface area contributed by atoms with Gasteiger partial charge in [-0.3, -0.25) is 14.6 Å². The highest BCUT2D eigenvalue weighted by molar-refractivity contribution is 7.09. The van der Waals surface area contributed by atoms with E-state index in [2.05, 4.69) is 32.6 Å². The summed E-state index contributed by atoms with van der Waals surface area (Å²) in [6.45, 7) is 7.26. The Hall–Kier alpha value is -1.40. The van der Waals surface area contributed by atoms with E-state index in [4.69, 9.17) is 11.6 Å². The van der Waals surface area contributed by atoms with Crippen molar-refractivity contribution in [1.82, 2.24) is 9.80 Å². The van der Waals surface area contributed by atoms with Crippen LogP contribution in [-0.2, 0) is 11.3 Å². The molecular weight excluding hydrogens is 342 g/mol. The average molecular weight is 364 g/mol. The molecular formula is C18H22ClN3OS. The molecule has 0 spiro atoms. The van der Waals surface area contributed by atoms with Crippen LogP contribution in [0.5, 0.6) is 0 Å². The Balaban J connectivity index is 1.45. The van der Waals surface area contributed by atoms with Gasteiger partial charge in [-0.15, -0.1) is 11.3 Å². The number of hydrogen-bond donors (Lipinski definition) is 1. The van der Waals surface area contributed by atoms with Crippen molar-refractivity contribution in [2.75, 3.05) is 38.0 Å². The molecule has 3 rings (SSSR count). The monoisotopic (exact) mass is 363 g/mol. The van der Waals surface area contributed by atoms with E-state index in [0.717, 1.165) is 44.0 Å². The summed E-state index contributed by atoms with van der Waals surface area (Å²) in [5.74, 6) is 0.0204. The summed E-state index contributed by atoms with van der Waals surface area (Å²) in [6.07, 6.45) is 0. The molecule has 1 amide bonds. The van der Waals surface area contributed by atoms with E-state index < -0.39 is 0 Å². The van der Waals surface area contributed by atoms with Crippen molar-refractivity contribution < 1.29 is 4.79 Å². The number of halogens is 1. The van der Waals surface area contributed by atoms with Gasteiger partial charge < -0.3 is 5.32 Å². The van der Waals surface area contributed by atoms with E-state index in [0.29, 0.717) is 11.6 Å². The highest BCUT2D eigenvalue weighted by Gasteiger charge is 2.19. The number of nitrogens with one attached hydrogen (secondary N) is 1. The van der Waals surface area contributed by atoms with Crippen molar-refractivity contribution in [3.05, 3.63) is 51.2 Å². The van der Waals surface area contributed by atoms with Crippen molar-refractivity contribution in [1.29, 1.82) is 0 Å². The third kappa shape index (κ3) is 4.80. The minimum Gasteiger partial charge on any atom is -0.325 e. The van der Waals surface area contributed by atoms with Gasteiger partial charge in [0.25, 0.3) is 0 Å². The maximum Gasteiger partial charge on any atom is 0.238 e. The molecule has 2 heterocycles. The molecule has 0 bridgehead atoms. The second-order valence-corrected chi connectivity index (χ2v) is 7.61. The van der Waals surface area contributed by atoms with Crippen molar-refractivity contribution in [3.8, 4) is 0 Å². The minimum absolute atomic E-state index is 0.0204. The van der Waals surface area contributed by atoms with Crippen LogP contribution in [0.15, 0.2) is 35.7 Å².